The molecule has 0 aliphatic carbocycles. The summed E-state index contributed by atoms with van der Waals surface area (Å²) in [7, 11) is 0. The van der Waals surface area contributed by atoms with Crippen molar-refractivity contribution in [1.29, 1.82) is 0 Å². The Morgan fingerprint density at radius 2 is 1.95 bits per heavy atom. The lowest BCUT2D eigenvalue weighted by atomic mass is 10.2. The summed E-state index contributed by atoms with van der Waals surface area (Å²) >= 11 is 8.42. The van der Waals surface area contributed by atoms with E-state index in [1.165, 1.54) is 11.3 Å². The summed E-state index contributed by atoms with van der Waals surface area (Å²) < 4.78 is 4.41. The minimum atomic E-state index is -0.0375. The predicted octanol–water partition coefficient (Wildman–Crippen LogP) is 4.59. The van der Waals surface area contributed by atoms with Gasteiger partial charge in [0.2, 0.25) is 0 Å². The van der Waals surface area contributed by atoms with Crippen molar-refractivity contribution in [3.63, 3.8) is 0 Å². The molecule has 98 valence electrons. The largest absolute Gasteiger partial charge is 0.268 e. The predicted molar refractivity (Wildman–Crippen MR) is 89.8 cm³/mol. The van der Waals surface area contributed by atoms with Gasteiger partial charge in [-0.1, -0.05) is 39.4 Å². The first-order valence-electron chi connectivity index (χ1n) is 5.84. The highest BCUT2D eigenvalue weighted by Gasteiger charge is 2.13. The highest BCUT2D eigenvalue weighted by molar-refractivity contribution is 9.11. The second-order valence-corrected chi connectivity index (χ2v) is 7.17. The Balaban J connectivity index is 2.35. The Kier molecular flexibility index (Phi) is 2.73. The molecule has 0 spiro atoms. The van der Waals surface area contributed by atoms with E-state index in [0.717, 1.165) is 19.2 Å². The SMILES string of the molecule is O=c1c2cc(Br)cc(Br)c2nc2sc3ccccc3n12. The molecule has 0 N–H and O–H groups in total. The maximum Gasteiger partial charge on any atom is 0.266 e. The highest BCUT2D eigenvalue weighted by atomic mass is 79.9. The van der Waals surface area contributed by atoms with E-state index in [2.05, 4.69) is 36.8 Å². The van der Waals surface area contributed by atoms with Gasteiger partial charge in [-0.3, -0.25) is 9.20 Å². The van der Waals surface area contributed by atoms with Gasteiger partial charge in [-0.2, -0.15) is 0 Å². The van der Waals surface area contributed by atoms with Crippen LogP contribution in [0.15, 0.2) is 50.1 Å². The van der Waals surface area contributed by atoms with Gasteiger partial charge in [0.05, 0.1) is 21.1 Å². The van der Waals surface area contributed by atoms with E-state index < -0.39 is 0 Å². The van der Waals surface area contributed by atoms with Crippen LogP contribution >= 0.6 is 43.2 Å². The Hall–Kier alpha value is -1.24. The zero-order valence-corrected chi connectivity index (χ0v) is 13.9. The van der Waals surface area contributed by atoms with E-state index >= 15 is 0 Å². The molecule has 2 aromatic heterocycles. The van der Waals surface area contributed by atoms with Crippen LogP contribution in [0.25, 0.3) is 26.1 Å². The molecule has 0 saturated heterocycles. The first-order valence-corrected chi connectivity index (χ1v) is 8.24. The van der Waals surface area contributed by atoms with Crippen LogP contribution < -0.4 is 5.56 Å². The van der Waals surface area contributed by atoms with Crippen molar-refractivity contribution < 1.29 is 0 Å². The number of halogens is 2. The van der Waals surface area contributed by atoms with E-state index in [4.69, 9.17) is 0 Å². The molecule has 0 fully saturated rings. The first kappa shape index (κ1) is 12.5. The molecule has 0 bridgehead atoms. The summed E-state index contributed by atoms with van der Waals surface area (Å²) in [5, 5.41) is 0.604. The van der Waals surface area contributed by atoms with Crippen LogP contribution in [-0.2, 0) is 0 Å². The molecule has 4 aromatic rings. The Morgan fingerprint density at radius 3 is 2.80 bits per heavy atom. The number of nitrogens with zero attached hydrogens (tertiary/aromatic N) is 2. The van der Waals surface area contributed by atoms with Gasteiger partial charge < -0.3 is 0 Å². The summed E-state index contributed by atoms with van der Waals surface area (Å²) in [6.07, 6.45) is 0. The minimum absolute atomic E-state index is 0.0375. The molecule has 2 aromatic carbocycles. The number of thiazole rings is 1. The van der Waals surface area contributed by atoms with Crippen molar-refractivity contribution in [3.8, 4) is 0 Å². The minimum Gasteiger partial charge on any atom is -0.268 e. The van der Waals surface area contributed by atoms with Crippen LogP contribution in [0, 0.1) is 0 Å². The van der Waals surface area contributed by atoms with Gasteiger partial charge in [-0.05, 0) is 40.2 Å². The maximum absolute atomic E-state index is 12.8. The number of fused-ring (bicyclic) bond motifs is 4. The average molecular weight is 410 g/mol. The molecule has 2 heterocycles. The number of hydrogen-bond acceptors (Lipinski definition) is 3. The molecule has 20 heavy (non-hydrogen) atoms. The fraction of sp³-hybridized carbons (Fsp3) is 0. The maximum atomic E-state index is 12.8. The number of aromatic nitrogens is 2. The van der Waals surface area contributed by atoms with Crippen LogP contribution in [0.5, 0.6) is 0 Å². The fourth-order valence-electron chi connectivity index (χ4n) is 2.30. The van der Waals surface area contributed by atoms with Gasteiger partial charge >= 0.3 is 0 Å². The number of benzene rings is 2. The monoisotopic (exact) mass is 408 g/mol. The number of hydrogen-bond donors (Lipinski definition) is 0. The van der Waals surface area contributed by atoms with E-state index in [1.807, 2.05) is 36.4 Å². The van der Waals surface area contributed by atoms with E-state index in [0.29, 0.717) is 15.9 Å². The lowest BCUT2D eigenvalue weighted by Gasteiger charge is -2.02. The van der Waals surface area contributed by atoms with Crippen LogP contribution in [0.2, 0.25) is 0 Å². The van der Waals surface area contributed by atoms with Gasteiger partial charge in [0.15, 0.2) is 4.96 Å². The molecule has 3 nitrogen and oxygen atoms in total. The van der Waals surface area contributed by atoms with Crippen molar-refractivity contribution in [1.82, 2.24) is 9.38 Å². The molecule has 0 atom stereocenters. The zero-order valence-electron chi connectivity index (χ0n) is 9.93. The van der Waals surface area contributed by atoms with E-state index in [9.17, 15) is 4.79 Å². The average Bonchev–Trinajstić information content (AvgIpc) is 2.79. The standard InChI is InChI=1S/C14H6Br2N2OS/c15-7-5-8-12(9(16)6-7)17-14-18(13(8)19)10-3-1-2-4-11(10)20-14/h1-6H. The van der Waals surface area contributed by atoms with Crippen LogP contribution in [-0.4, -0.2) is 9.38 Å². The van der Waals surface area contributed by atoms with Gasteiger partial charge in [-0.25, -0.2) is 4.98 Å². The summed E-state index contributed by atoms with van der Waals surface area (Å²) in [5.74, 6) is 0. The molecule has 0 unspecified atom stereocenters. The highest BCUT2D eigenvalue weighted by Crippen LogP contribution is 2.29. The summed E-state index contributed by atoms with van der Waals surface area (Å²) in [6.45, 7) is 0. The second kappa shape index (κ2) is 4.38. The van der Waals surface area contributed by atoms with Crippen LogP contribution in [0.4, 0.5) is 0 Å². The lowest BCUT2D eigenvalue weighted by Crippen LogP contribution is -2.13. The summed E-state index contributed by atoms with van der Waals surface area (Å²) in [6, 6.07) is 11.6. The Labute approximate surface area is 134 Å². The Bertz CT molecular complexity index is 1050. The zero-order chi connectivity index (χ0) is 13.9. The molecule has 6 heteroatoms. The van der Waals surface area contributed by atoms with E-state index in [-0.39, 0.29) is 5.56 Å². The normalized spacial score (nSPS) is 11.7. The molecule has 0 radical (unpaired) electrons. The fourth-order valence-corrected chi connectivity index (χ4v) is 4.63. The molecule has 0 amide bonds. The molecular weight excluding hydrogens is 404 g/mol. The quantitative estimate of drug-likeness (QED) is 0.425. The third kappa shape index (κ3) is 1.68. The first-order chi connectivity index (χ1) is 9.65. The summed E-state index contributed by atoms with van der Waals surface area (Å²) in [5.41, 5.74) is 1.57. The lowest BCUT2D eigenvalue weighted by molar-refractivity contribution is 1.16. The molecule has 0 saturated carbocycles. The Morgan fingerprint density at radius 1 is 1.15 bits per heavy atom. The topological polar surface area (TPSA) is 34.4 Å². The van der Waals surface area contributed by atoms with Crippen molar-refractivity contribution in [2.75, 3.05) is 0 Å². The second-order valence-electron chi connectivity index (χ2n) is 4.39. The number of rotatable bonds is 0. The summed E-state index contributed by atoms with van der Waals surface area (Å²) in [4.78, 5) is 18.1. The van der Waals surface area contributed by atoms with Crippen molar-refractivity contribution in [2.45, 2.75) is 0 Å². The molecule has 0 aliphatic heterocycles. The van der Waals surface area contributed by atoms with Gasteiger partial charge in [0.1, 0.15) is 0 Å². The van der Waals surface area contributed by atoms with Gasteiger partial charge in [0.25, 0.3) is 5.56 Å². The van der Waals surface area contributed by atoms with Gasteiger partial charge in [-0.15, -0.1) is 0 Å². The van der Waals surface area contributed by atoms with Crippen molar-refractivity contribution >= 4 is 69.3 Å². The van der Waals surface area contributed by atoms with Crippen molar-refractivity contribution in [2.24, 2.45) is 0 Å². The van der Waals surface area contributed by atoms with Crippen LogP contribution in [0.1, 0.15) is 0 Å². The molecular formula is C14H6Br2N2OS. The van der Waals surface area contributed by atoms with Crippen LogP contribution in [0.3, 0.4) is 0 Å². The van der Waals surface area contributed by atoms with E-state index in [1.54, 1.807) is 4.40 Å². The number of para-hydroxylation sites is 1. The third-order valence-corrected chi connectivity index (χ3v) is 5.25. The van der Waals surface area contributed by atoms with Gasteiger partial charge in [0, 0.05) is 8.95 Å². The third-order valence-electron chi connectivity index (χ3n) is 3.17. The smallest absolute Gasteiger partial charge is 0.266 e. The van der Waals surface area contributed by atoms with Crippen molar-refractivity contribution in [3.05, 3.63) is 55.7 Å². The molecule has 0 aliphatic rings. The molecule has 4 rings (SSSR count).